The number of carbonyl (C=O) groups excluding carboxylic acids is 2. The van der Waals surface area contributed by atoms with Gasteiger partial charge in [0.2, 0.25) is 11.8 Å². The number of aryl methyl sites for hydroxylation is 1. The summed E-state index contributed by atoms with van der Waals surface area (Å²) in [5.74, 6) is -0.568. The lowest BCUT2D eigenvalue weighted by Gasteiger charge is -2.35. The summed E-state index contributed by atoms with van der Waals surface area (Å²) >= 11 is 0. The summed E-state index contributed by atoms with van der Waals surface area (Å²) in [7, 11) is -2.78. The maximum absolute atomic E-state index is 14.6. The van der Waals surface area contributed by atoms with Crippen molar-refractivity contribution in [1.29, 1.82) is 0 Å². The number of anilines is 1. The molecule has 236 valence electrons. The van der Waals surface area contributed by atoms with Crippen LogP contribution in [0.5, 0.6) is 5.75 Å². The Bertz CT molecular complexity index is 1690. The van der Waals surface area contributed by atoms with Crippen molar-refractivity contribution >= 4 is 27.5 Å². The molecule has 0 bridgehead atoms. The molecular weight excluding hydrogens is 586 g/mol. The van der Waals surface area contributed by atoms with Crippen LogP contribution >= 0.6 is 0 Å². The monoisotopic (exact) mass is 627 g/mol. The van der Waals surface area contributed by atoms with Crippen molar-refractivity contribution < 1.29 is 22.7 Å². The molecule has 4 aromatic carbocycles. The molecule has 4 rings (SSSR count). The van der Waals surface area contributed by atoms with Gasteiger partial charge >= 0.3 is 0 Å². The molecule has 1 N–H and O–H groups in total. The molecule has 1 atom stereocenters. The molecule has 9 heteroatoms. The van der Waals surface area contributed by atoms with Crippen LogP contribution in [0, 0.1) is 6.92 Å². The molecule has 0 spiro atoms. The van der Waals surface area contributed by atoms with Crippen LogP contribution in [0.1, 0.15) is 37.5 Å². The van der Waals surface area contributed by atoms with E-state index in [0.29, 0.717) is 5.75 Å². The number of nitrogens with one attached hydrogen (secondary N) is 1. The molecule has 0 aliphatic rings. The van der Waals surface area contributed by atoms with Gasteiger partial charge in [-0.15, -0.1) is 0 Å². The van der Waals surface area contributed by atoms with E-state index in [2.05, 4.69) is 5.32 Å². The topological polar surface area (TPSA) is 96.0 Å². The molecule has 8 nitrogen and oxygen atoms in total. The summed E-state index contributed by atoms with van der Waals surface area (Å²) < 4.78 is 35.1. The number of methoxy groups -OCH3 is 1. The van der Waals surface area contributed by atoms with E-state index in [4.69, 9.17) is 4.74 Å². The Morgan fingerprint density at radius 3 is 1.93 bits per heavy atom. The SMILES string of the molecule is COc1ccc(C)cc1N(CC(=O)N(Cc1ccccc1)[C@H](Cc1ccccc1)C(=O)NC(C)(C)C)S(=O)(=O)c1ccccc1. The number of amides is 2. The summed E-state index contributed by atoms with van der Waals surface area (Å²) in [4.78, 5) is 30.1. The largest absolute Gasteiger partial charge is 0.495 e. The summed E-state index contributed by atoms with van der Waals surface area (Å²) in [6.07, 6.45) is 0.237. The van der Waals surface area contributed by atoms with Crippen LogP contribution in [0.2, 0.25) is 0 Å². The van der Waals surface area contributed by atoms with Gasteiger partial charge in [-0.25, -0.2) is 8.42 Å². The van der Waals surface area contributed by atoms with Crippen LogP contribution in [0.4, 0.5) is 5.69 Å². The molecule has 0 radical (unpaired) electrons. The average Bonchev–Trinajstić information content (AvgIpc) is 3.02. The molecule has 0 fully saturated rings. The van der Waals surface area contributed by atoms with Crippen LogP contribution in [0.3, 0.4) is 0 Å². The number of rotatable bonds is 12. The lowest BCUT2D eigenvalue weighted by Crippen LogP contribution is -2.56. The molecule has 4 aromatic rings. The van der Waals surface area contributed by atoms with Gasteiger partial charge in [0.25, 0.3) is 10.0 Å². The van der Waals surface area contributed by atoms with Crippen LogP contribution in [-0.4, -0.2) is 50.4 Å². The van der Waals surface area contributed by atoms with Gasteiger partial charge in [0, 0.05) is 18.5 Å². The predicted molar refractivity (Wildman–Crippen MR) is 178 cm³/mol. The number of benzene rings is 4. The first-order valence-electron chi connectivity index (χ1n) is 14.8. The van der Waals surface area contributed by atoms with Crippen LogP contribution in [0.25, 0.3) is 0 Å². The summed E-state index contributed by atoms with van der Waals surface area (Å²) in [5, 5.41) is 3.04. The van der Waals surface area contributed by atoms with E-state index in [-0.39, 0.29) is 29.5 Å². The molecule has 0 aliphatic heterocycles. The minimum atomic E-state index is -4.23. The highest BCUT2D eigenvalue weighted by molar-refractivity contribution is 7.92. The first kappa shape index (κ1) is 33.3. The molecule has 0 saturated heterocycles. The third-order valence-corrected chi connectivity index (χ3v) is 8.95. The Balaban J connectivity index is 1.85. The fourth-order valence-electron chi connectivity index (χ4n) is 5.01. The highest BCUT2D eigenvalue weighted by Gasteiger charge is 2.36. The van der Waals surface area contributed by atoms with Crippen molar-refractivity contribution in [2.75, 3.05) is 18.0 Å². The van der Waals surface area contributed by atoms with Gasteiger partial charge in [0.15, 0.2) is 0 Å². The second kappa shape index (κ2) is 14.4. The zero-order valence-corrected chi connectivity index (χ0v) is 27.3. The first-order valence-corrected chi connectivity index (χ1v) is 16.2. The molecule has 0 heterocycles. The fourth-order valence-corrected chi connectivity index (χ4v) is 6.45. The van der Waals surface area contributed by atoms with E-state index < -0.39 is 34.1 Å². The van der Waals surface area contributed by atoms with Gasteiger partial charge in [0.05, 0.1) is 17.7 Å². The molecule has 0 saturated carbocycles. The Morgan fingerprint density at radius 2 is 1.38 bits per heavy atom. The number of hydrogen-bond acceptors (Lipinski definition) is 5. The number of sulfonamides is 1. The smallest absolute Gasteiger partial charge is 0.264 e. The molecular formula is C36H41N3O5S. The molecule has 0 aromatic heterocycles. The van der Waals surface area contributed by atoms with Gasteiger partial charge in [-0.05, 0) is 68.7 Å². The van der Waals surface area contributed by atoms with E-state index in [1.807, 2.05) is 94.4 Å². The highest BCUT2D eigenvalue weighted by Crippen LogP contribution is 2.34. The quantitative estimate of drug-likeness (QED) is 0.216. The van der Waals surface area contributed by atoms with Crippen molar-refractivity contribution in [2.45, 2.75) is 57.1 Å². The van der Waals surface area contributed by atoms with Crippen molar-refractivity contribution in [2.24, 2.45) is 0 Å². The normalized spacial score (nSPS) is 12.2. The Labute approximate surface area is 266 Å². The zero-order valence-electron chi connectivity index (χ0n) is 26.4. The van der Waals surface area contributed by atoms with E-state index in [0.717, 1.165) is 21.0 Å². The summed E-state index contributed by atoms with van der Waals surface area (Å²) in [5.41, 5.74) is 2.13. The molecule has 0 unspecified atom stereocenters. The second-order valence-corrected chi connectivity index (χ2v) is 13.8. The van der Waals surface area contributed by atoms with Gasteiger partial charge in [-0.3, -0.25) is 13.9 Å². The van der Waals surface area contributed by atoms with Crippen LogP contribution in [0.15, 0.2) is 114 Å². The Kier molecular flexibility index (Phi) is 10.7. The Morgan fingerprint density at radius 1 is 0.822 bits per heavy atom. The van der Waals surface area contributed by atoms with Crippen LogP contribution in [-0.2, 0) is 32.6 Å². The lowest BCUT2D eigenvalue weighted by molar-refractivity contribution is -0.140. The fraction of sp³-hybridized carbons (Fsp3) is 0.278. The molecule has 0 aliphatic carbocycles. The zero-order chi connectivity index (χ0) is 32.6. The van der Waals surface area contributed by atoms with Gasteiger partial charge in [-0.1, -0.05) is 84.9 Å². The van der Waals surface area contributed by atoms with E-state index >= 15 is 0 Å². The maximum Gasteiger partial charge on any atom is 0.264 e. The average molecular weight is 628 g/mol. The van der Waals surface area contributed by atoms with E-state index in [9.17, 15) is 18.0 Å². The van der Waals surface area contributed by atoms with E-state index in [1.165, 1.54) is 24.1 Å². The molecule has 45 heavy (non-hydrogen) atoms. The first-order chi connectivity index (χ1) is 21.4. The standard InChI is InChI=1S/C36H41N3O5S/c1-27-21-22-33(44-5)31(23-27)39(45(42,43)30-19-13-8-14-20-30)26-34(40)38(25-29-17-11-7-12-18-29)32(35(41)37-36(2,3)4)24-28-15-9-6-10-16-28/h6-23,32H,24-26H2,1-5H3,(H,37,41)/t32-/m1/s1. The van der Waals surface area contributed by atoms with Crippen molar-refractivity contribution in [3.63, 3.8) is 0 Å². The van der Waals surface area contributed by atoms with Gasteiger partial charge in [-0.2, -0.15) is 0 Å². The summed E-state index contributed by atoms with van der Waals surface area (Å²) in [6, 6.07) is 31.1. The number of carbonyl (C=O) groups is 2. The predicted octanol–water partition coefficient (Wildman–Crippen LogP) is 5.75. The summed E-state index contributed by atoms with van der Waals surface area (Å²) in [6.45, 7) is 7.02. The van der Waals surface area contributed by atoms with Gasteiger partial charge in [0.1, 0.15) is 18.3 Å². The number of nitrogens with zero attached hydrogens (tertiary/aromatic N) is 2. The van der Waals surface area contributed by atoms with Crippen molar-refractivity contribution in [3.8, 4) is 5.75 Å². The maximum atomic E-state index is 14.6. The van der Waals surface area contributed by atoms with E-state index in [1.54, 1.807) is 30.3 Å². The Hall–Kier alpha value is -4.63. The highest BCUT2D eigenvalue weighted by atomic mass is 32.2. The lowest BCUT2D eigenvalue weighted by atomic mass is 10.0. The number of hydrogen-bond donors (Lipinski definition) is 1. The second-order valence-electron chi connectivity index (χ2n) is 12.0. The number of ether oxygens (including phenoxy) is 1. The van der Waals surface area contributed by atoms with Crippen molar-refractivity contribution in [1.82, 2.24) is 10.2 Å². The van der Waals surface area contributed by atoms with Gasteiger partial charge < -0.3 is 15.0 Å². The third kappa shape index (κ3) is 8.73. The molecule has 2 amide bonds. The van der Waals surface area contributed by atoms with Crippen LogP contribution < -0.4 is 14.4 Å². The third-order valence-electron chi connectivity index (χ3n) is 7.18. The minimum Gasteiger partial charge on any atom is -0.495 e. The minimum absolute atomic E-state index is 0.0299. The van der Waals surface area contributed by atoms with Crippen molar-refractivity contribution in [3.05, 3.63) is 126 Å².